The van der Waals surface area contributed by atoms with E-state index in [-0.39, 0.29) is 17.9 Å². The molecule has 150 valence electrons. The molecule has 1 aliphatic heterocycles. The summed E-state index contributed by atoms with van der Waals surface area (Å²) in [6.07, 6.45) is 4.87. The van der Waals surface area contributed by atoms with Gasteiger partial charge in [-0.25, -0.2) is 4.79 Å². The summed E-state index contributed by atoms with van der Waals surface area (Å²) in [7, 11) is 0. The summed E-state index contributed by atoms with van der Waals surface area (Å²) in [5.74, 6) is -0.550. The fraction of sp³-hybridized carbons (Fsp3) is 0.286. The van der Waals surface area contributed by atoms with Crippen LogP contribution in [0.2, 0.25) is 10.0 Å². The molecule has 2 aliphatic rings. The van der Waals surface area contributed by atoms with Crippen molar-refractivity contribution in [3.63, 3.8) is 0 Å². The van der Waals surface area contributed by atoms with E-state index in [0.29, 0.717) is 32.5 Å². The number of hydrogen-bond acceptors (Lipinski definition) is 3. The van der Waals surface area contributed by atoms with Gasteiger partial charge in [0.05, 0.1) is 26.9 Å². The molecular formula is C21H19Cl2N3O3. The number of halogens is 2. The molecule has 2 N–H and O–H groups in total. The van der Waals surface area contributed by atoms with Gasteiger partial charge in [0.2, 0.25) is 0 Å². The lowest BCUT2D eigenvalue weighted by atomic mass is 9.94. The van der Waals surface area contributed by atoms with E-state index < -0.39 is 6.03 Å². The fourth-order valence-corrected chi connectivity index (χ4v) is 4.39. The number of nitrogens with zero attached hydrogens (tertiary/aromatic N) is 1. The van der Waals surface area contributed by atoms with Crippen LogP contribution in [0.15, 0.2) is 36.4 Å². The van der Waals surface area contributed by atoms with E-state index in [2.05, 4.69) is 10.6 Å². The topological polar surface area (TPSA) is 78.5 Å². The Labute approximate surface area is 178 Å². The number of amides is 4. The number of carbonyl (C=O) groups excluding carboxylic acids is 3. The van der Waals surface area contributed by atoms with E-state index in [0.717, 1.165) is 32.1 Å². The van der Waals surface area contributed by atoms with Crippen LogP contribution >= 0.6 is 23.2 Å². The Kier molecular flexibility index (Phi) is 5.48. The largest absolute Gasteiger partial charge is 0.323 e. The summed E-state index contributed by atoms with van der Waals surface area (Å²) in [5.41, 5.74) is 1.38. The van der Waals surface area contributed by atoms with Crippen LogP contribution in [0.5, 0.6) is 0 Å². The minimum absolute atomic E-state index is 0.0433. The zero-order chi connectivity index (χ0) is 20.5. The van der Waals surface area contributed by atoms with Crippen molar-refractivity contribution in [1.29, 1.82) is 0 Å². The van der Waals surface area contributed by atoms with Gasteiger partial charge in [0.25, 0.3) is 11.8 Å². The van der Waals surface area contributed by atoms with Crippen molar-refractivity contribution in [2.75, 3.05) is 10.6 Å². The van der Waals surface area contributed by atoms with Gasteiger partial charge in [-0.1, -0.05) is 48.5 Å². The monoisotopic (exact) mass is 431 g/mol. The van der Waals surface area contributed by atoms with Gasteiger partial charge < -0.3 is 10.6 Å². The van der Waals surface area contributed by atoms with Gasteiger partial charge in [-0.3, -0.25) is 14.5 Å². The van der Waals surface area contributed by atoms with Crippen LogP contribution in [-0.4, -0.2) is 28.8 Å². The Hall–Kier alpha value is -2.57. The third-order valence-corrected chi connectivity index (χ3v) is 5.95. The molecule has 4 amide bonds. The standard InChI is InChI=1S/C21H19Cl2N3O3/c22-16-7-4-8-17(23)18(16)25-21(29)24-12-9-10-14-15(11-12)20(28)26(19(14)27)13-5-2-1-3-6-13/h4,7-11,13H,1-3,5-6H2,(H2,24,25,29). The predicted octanol–water partition coefficient (Wildman–Crippen LogP) is 5.57. The van der Waals surface area contributed by atoms with Crippen molar-refractivity contribution in [2.24, 2.45) is 0 Å². The molecule has 6 nitrogen and oxygen atoms in total. The quantitative estimate of drug-likeness (QED) is 0.623. The zero-order valence-electron chi connectivity index (χ0n) is 15.5. The van der Waals surface area contributed by atoms with Crippen LogP contribution in [0.25, 0.3) is 0 Å². The lowest BCUT2D eigenvalue weighted by Gasteiger charge is -2.29. The average Bonchev–Trinajstić information content (AvgIpc) is 2.95. The Morgan fingerprint density at radius 1 is 0.897 bits per heavy atom. The molecule has 0 atom stereocenters. The average molecular weight is 432 g/mol. The maximum absolute atomic E-state index is 12.9. The Morgan fingerprint density at radius 2 is 1.55 bits per heavy atom. The van der Waals surface area contributed by atoms with Crippen LogP contribution in [0, 0.1) is 0 Å². The second-order valence-electron chi connectivity index (χ2n) is 7.21. The number of urea groups is 1. The van der Waals surface area contributed by atoms with Crippen LogP contribution in [0.3, 0.4) is 0 Å². The van der Waals surface area contributed by atoms with E-state index in [1.165, 1.54) is 11.0 Å². The second-order valence-corrected chi connectivity index (χ2v) is 8.02. The van der Waals surface area contributed by atoms with Crippen molar-refractivity contribution in [3.8, 4) is 0 Å². The van der Waals surface area contributed by atoms with E-state index in [4.69, 9.17) is 23.2 Å². The highest BCUT2D eigenvalue weighted by molar-refractivity contribution is 6.39. The number of nitrogens with one attached hydrogen (secondary N) is 2. The van der Waals surface area contributed by atoms with Crippen LogP contribution < -0.4 is 10.6 Å². The molecule has 8 heteroatoms. The summed E-state index contributed by atoms with van der Waals surface area (Å²) in [6.45, 7) is 0. The van der Waals surface area contributed by atoms with Gasteiger partial charge in [-0.05, 0) is 43.2 Å². The highest BCUT2D eigenvalue weighted by atomic mass is 35.5. The SMILES string of the molecule is O=C(Nc1ccc2c(c1)C(=O)N(C1CCCCC1)C2=O)Nc1c(Cl)cccc1Cl. The van der Waals surface area contributed by atoms with Crippen molar-refractivity contribution in [2.45, 2.75) is 38.1 Å². The fourth-order valence-electron chi connectivity index (χ4n) is 3.90. The first kappa shape index (κ1) is 19.7. The first-order chi connectivity index (χ1) is 14.0. The number of imide groups is 1. The predicted molar refractivity (Wildman–Crippen MR) is 113 cm³/mol. The molecule has 4 rings (SSSR count). The van der Waals surface area contributed by atoms with Gasteiger partial charge in [-0.15, -0.1) is 0 Å². The number of hydrogen-bond donors (Lipinski definition) is 2. The molecule has 0 unspecified atom stereocenters. The molecule has 1 aliphatic carbocycles. The Morgan fingerprint density at radius 3 is 2.24 bits per heavy atom. The number of carbonyl (C=O) groups is 3. The highest BCUT2D eigenvalue weighted by Crippen LogP contribution is 2.33. The molecule has 1 heterocycles. The lowest BCUT2D eigenvalue weighted by Crippen LogP contribution is -2.40. The number of fused-ring (bicyclic) bond motifs is 1. The summed E-state index contributed by atoms with van der Waals surface area (Å²) < 4.78 is 0. The van der Waals surface area contributed by atoms with Gasteiger partial charge >= 0.3 is 6.03 Å². The number of anilines is 2. The van der Waals surface area contributed by atoms with Crippen LogP contribution in [0.1, 0.15) is 52.8 Å². The molecule has 0 radical (unpaired) electrons. The molecule has 1 saturated carbocycles. The summed E-state index contributed by atoms with van der Waals surface area (Å²) >= 11 is 12.1. The number of benzene rings is 2. The Balaban J connectivity index is 1.51. The van der Waals surface area contributed by atoms with Crippen molar-refractivity contribution < 1.29 is 14.4 Å². The molecular weight excluding hydrogens is 413 g/mol. The van der Waals surface area contributed by atoms with Gasteiger partial charge in [0, 0.05) is 11.7 Å². The molecule has 0 spiro atoms. The van der Waals surface area contributed by atoms with Gasteiger partial charge in [0.15, 0.2) is 0 Å². The third kappa shape index (κ3) is 3.82. The third-order valence-electron chi connectivity index (χ3n) is 5.32. The zero-order valence-corrected chi connectivity index (χ0v) is 17.0. The maximum Gasteiger partial charge on any atom is 0.323 e. The number of rotatable bonds is 3. The maximum atomic E-state index is 12.9. The van der Waals surface area contributed by atoms with Crippen molar-refractivity contribution in [3.05, 3.63) is 57.6 Å². The first-order valence-electron chi connectivity index (χ1n) is 9.49. The van der Waals surface area contributed by atoms with E-state index in [1.54, 1.807) is 30.3 Å². The first-order valence-corrected chi connectivity index (χ1v) is 10.3. The van der Waals surface area contributed by atoms with E-state index >= 15 is 0 Å². The van der Waals surface area contributed by atoms with Crippen molar-refractivity contribution in [1.82, 2.24) is 4.90 Å². The molecule has 0 aromatic heterocycles. The molecule has 2 aromatic rings. The minimum Gasteiger partial charge on any atom is -0.308 e. The Bertz CT molecular complexity index is 982. The molecule has 2 aromatic carbocycles. The normalized spacial score (nSPS) is 16.7. The molecule has 0 bridgehead atoms. The summed E-state index contributed by atoms with van der Waals surface area (Å²) in [6, 6.07) is 9.02. The lowest BCUT2D eigenvalue weighted by molar-refractivity contribution is 0.0549. The van der Waals surface area contributed by atoms with Crippen LogP contribution in [-0.2, 0) is 0 Å². The van der Waals surface area contributed by atoms with Gasteiger partial charge in [0.1, 0.15) is 0 Å². The highest BCUT2D eigenvalue weighted by Gasteiger charge is 2.40. The van der Waals surface area contributed by atoms with Crippen molar-refractivity contribution >= 4 is 52.4 Å². The van der Waals surface area contributed by atoms with E-state index in [1.807, 2.05) is 0 Å². The number of para-hydroxylation sites is 1. The minimum atomic E-state index is -0.555. The summed E-state index contributed by atoms with van der Waals surface area (Å²) in [5, 5.41) is 5.88. The molecule has 29 heavy (non-hydrogen) atoms. The second kappa shape index (κ2) is 8.05. The smallest absolute Gasteiger partial charge is 0.308 e. The van der Waals surface area contributed by atoms with E-state index in [9.17, 15) is 14.4 Å². The van der Waals surface area contributed by atoms with Crippen LogP contribution in [0.4, 0.5) is 16.2 Å². The molecule has 1 fully saturated rings. The van der Waals surface area contributed by atoms with Gasteiger partial charge in [-0.2, -0.15) is 0 Å². The molecule has 0 saturated heterocycles. The summed E-state index contributed by atoms with van der Waals surface area (Å²) in [4.78, 5) is 39.3.